The second kappa shape index (κ2) is 8.67. The molecule has 3 atom stereocenters. The van der Waals surface area contributed by atoms with Gasteiger partial charge in [0.25, 0.3) is 5.91 Å². The van der Waals surface area contributed by atoms with Crippen molar-refractivity contribution in [3.8, 4) is 17.6 Å². The summed E-state index contributed by atoms with van der Waals surface area (Å²) in [4.78, 5) is 30.6. The highest BCUT2D eigenvalue weighted by Gasteiger charge is 2.66. The van der Waals surface area contributed by atoms with E-state index in [-0.39, 0.29) is 16.9 Å². The molecule has 0 aliphatic carbocycles. The number of carbonyl (C=O) groups excluding carboxylic acids is 2. The van der Waals surface area contributed by atoms with Gasteiger partial charge in [-0.2, -0.15) is 5.26 Å². The number of nitrogens with zero attached hydrogens (tertiary/aromatic N) is 3. The summed E-state index contributed by atoms with van der Waals surface area (Å²) in [6, 6.07) is 10.6. The van der Waals surface area contributed by atoms with Gasteiger partial charge in [0.15, 0.2) is 5.78 Å². The molecule has 0 saturated carbocycles. The van der Waals surface area contributed by atoms with E-state index in [0.717, 1.165) is 0 Å². The topological polar surface area (TPSA) is 103 Å². The fourth-order valence-electron chi connectivity index (χ4n) is 4.57. The maximum Gasteiger partial charge on any atom is 0.301 e. The number of hydrogen-bond donors (Lipinski definition) is 1. The highest BCUT2D eigenvalue weighted by Crippen LogP contribution is 2.51. The first-order valence-corrected chi connectivity index (χ1v) is 10.9. The minimum absolute atomic E-state index is 0.109. The smallest absolute Gasteiger partial charge is 0.301 e. The predicted octanol–water partition coefficient (Wildman–Crippen LogP) is 2.64. The minimum Gasteiger partial charge on any atom is -0.495 e. The van der Waals surface area contributed by atoms with Gasteiger partial charge in [0.2, 0.25) is 0 Å². The highest BCUT2D eigenvalue weighted by atomic mass is 35.5. The first-order valence-electron chi connectivity index (χ1n) is 10.5. The zero-order chi connectivity index (χ0) is 23.9. The fourth-order valence-corrected chi connectivity index (χ4v) is 4.75. The second-order valence-corrected chi connectivity index (χ2v) is 8.89. The van der Waals surface area contributed by atoms with E-state index in [9.17, 15) is 20.0 Å². The van der Waals surface area contributed by atoms with Crippen molar-refractivity contribution in [1.82, 2.24) is 9.80 Å². The van der Waals surface area contributed by atoms with Crippen LogP contribution in [0.15, 0.2) is 36.4 Å². The Morgan fingerprint density at radius 2 is 2.03 bits per heavy atom. The second-order valence-electron chi connectivity index (χ2n) is 8.45. The number of likely N-dealkylation sites (tertiary alicyclic amines) is 1. The van der Waals surface area contributed by atoms with Crippen LogP contribution in [0.1, 0.15) is 33.9 Å². The number of nitriles is 1. The van der Waals surface area contributed by atoms with Crippen LogP contribution in [0, 0.1) is 17.2 Å². The Labute approximate surface area is 196 Å². The third kappa shape index (κ3) is 3.82. The van der Waals surface area contributed by atoms with Crippen molar-refractivity contribution < 1.29 is 24.2 Å². The van der Waals surface area contributed by atoms with E-state index in [1.807, 2.05) is 19.0 Å². The molecule has 1 saturated heterocycles. The Bertz CT molecular complexity index is 1160. The molecule has 4 rings (SSSR count). The van der Waals surface area contributed by atoms with Gasteiger partial charge in [0.1, 0.15) is 23.5 Å². The highest BCUT2D eigenvalue weighted by molar-refractivity contribution is 6.31. The van der Waals surface area contributed by atoms with Gasteiger partial charge in [0, 0.05) is 11.6 Å². The first kappa shape index (κ1) is 23.1. The van der Waals surface area contributed by atoms with Crippen LogP contribution in [-0.2, 0) is 4.79 Å². The molecule has 9 heteroatoms. The summed E-state index contributed by atoms with van der Waals surface area (Å²) in [5, 5.41) is 21.3. The van der Waals surface area contributed by atoms with Crippen LogP contribution in [0.25, 0.3) is 0 Å². The molecule has 1 N–H and O–H groups in total. The number of fused-ring (bicyclic) bond motifs is 2. The van der Waals surface area contributed by atoms with E-state index in [1.165, 1.54) is 30.2 Å². The molecule has 2 aromatic rings. The van der Waals surface area contributed by atoms with Crippen molar-refractivity contribution in [2.24, 2.45) is 5.92 Å². The lowest BCUT2D eigenvalue weighted by molar-refractivity contribution is -0.181. The summed E-state index contributed by atoms with van der Waals surface area (Å²) in [7, 11) is 5.30. The zero-order valence-corrected chi connectivity index (χ0v) is 19.3. The van der Waals surface area contributed by atoms with Crippen molar-refractivity contribution in [3.05, 3.63) is 58.1 Å². The fraction of sp³-hybridized carbons (Fsp3) is 0.375. The standard InChI is InChI=1S/C24H24ClN3O5/c1-27(2)9-4-10-28-21(14-5-7-18(32-3)15(11-14)13-26)20-22(29)17-12-16(25)6-8-19(17)33-24(20,31)23(28)30/h5-8,11-12,20-21,31H,4,9-10H2,1-3H3. The van der Waals surface area contributed by atoms with E-state index in [2.05, 4.69) is 6.07 Å². The van der Waals surface area contributed by atoms with Crippen LogP contribution >= 0.6 is 11.6 Å². The lowest BCUT2D eigenvalue weighted by atomic mass is 9.81. The van der Waals surface area contributed by atoms with E-state index >= 15 is 0 Å². The molecule has 8 nitrogen and oxygen atoms in total. The lowest BCUT2D eigenvalue weighted by Gasteiger charge is -2.34. The maximum atomic E-state index is 13.6. The summed E-state index contributed by atoms with van der Waals surface area (Å²) in [5.74, 6) is -4.21. The summed E-state index contributed by atoms with van der Waals surface area (Å²) in [6.07, 6.45) is 0.617. The molecule has 2 aromatic carbocycles. The molecule has 2 heterocycles. The summed E-state index contributed by atoms with van der Waals surface area (Å²) >= 11 is 6.10. The van der Waals surface area contributed by atoms with Gasteiger partial charge in [0.05, 0.1) is 24.3 Å². The summed E-state index contributed by atoms with van der Waals surface area (Å²) in [5.41, 5.74) is 1.01. The molecule has 2 aliphatic heterocycles. The largest absolute Gasteiger partial charge is 0.495 e. The van der Waals surface area contributed by atoms with E-state index in [4.69, 9.17) is 21.1 Å². The number of ketones is 1. The molecule has 0 radical (unpaired) electrons. The monoisotopic (exact) mass is 469 g/mol. The van der Waals surface area contributed by atoms with Gasteiger partial charge in [-0.05, 0) is 63.0 Å². The van der Waals surface area contributed by atoms with Crippen LogP contribution in [0.3, 0.4) is 0 Å². The van der Waals surface area contributed by atoms with Crippen molar-refractivity contribution in [2.75, 3.05) is 34.3 Å². The molecule has 172 valence electrons. The Balaban J connectivity index is 1.84. The Morgan fingerprint density at radius 3 is 2.70 bits per heavy atom. The molecule has 0 aromatic heterocycles. The van der Waals surface area contributed by atoms with E-state index in [1.54, 1.807) is 18.2 Å². The molecular weight excluding hydrogens is 446 g/mol. The Kier molecular flexibility index (Phi) is 6.06. The number of rotatable bonds is 6. The number of aliphatic hydroxyl groups is 1. The Morgan fingerprint density at radius 1 is 1.27 bits per heavy atom. The Hall–Kier alpha value is -3.12. The average Bonchev–Trinajstić information content (AvgIpc) is 3.01. The van der Waals surface area contributed by atoms with Crippen LogP contribution < -0.4 is 9.47 Å². The van der Waals surface area contributed by atoms with Crippen LogP contribution in [0.2, 0.25) is 5.02 Å². The van der Waals surface area contributed by atoms with Gasteiger partial charge in [-0.25, -0.2) is 0 Å². The molecule has 3 unspecified atom stereocenters. The van der Waals surface area contributed by atoms with Gasteiger partial charge >= 0.3 is 5.79 Å². The summed E-state index contributed by atoms with van der Waals surface area (Å²) in [6.45, 7) is 0.998. The maximum absolute atomic E-state index is 13.6. The normalized spacial score (nSPS) is 23.7. The molecule has 0 bridgehead atoms. The number of amides is 1. The minimum atomic E-state index is -2.35. The number of halogens is 1. The third-order valence-electron chi connectivity index (χ3n) is 6.09. The average molecular weight is 470 g/mol. The number of ether oxygens (including phenoxy) is 2. The summed E-state index contributed by atoms with van der Waals surface area (Å²) < 4.78 is 11.0. The molecule has 1 amide bonds. The van der Waals surface area contributed by atoms with Gasteiger partial charge in [-0.15, -0.1) is 0 Å². The third-order valence-corrected chi connectivity index (χ3v) is 6.32. The van der Waals surface area contributed by atoms with E-state index < -0.39 is 29.4 Å². The molecule has 1 fully saturated rings. The lowest BCUT2D eigenvalue weighted by Crippen LogP contribution is -2.53. The van der Waals surface area contributed by atoms with Crippen LogP contribution in [0.5, 0.6) is 11.5 Å². The SMILES string of the molecule is COc1ccc(C2C3C(=O)c4cc(Cl)ccc4OC3(O)C(=O)N2CCCN(C)C)cc1C#N. The predicted molar refractivity (Wildman–Crippen MR) is 120 cm³/mol. The van der Waals surface area contributed by atoms with Crippen molar-refractivity contribution in [3.63, 3.8) is 0 Å². The number of hydrogen-bond acceptors (Lipinski definition) is 7. The number of methoxy groups -OCH3 is 1. The molecule has 2 aliphatic rings. The zero-order valence-electron chi connectivity index (χ0n) is 18.5. The molecule has 33 heavy (non-hydrogen) atoms. The molecule has 0 spiro atoms. The van der Waals surface area contributed by atoms with Crippen LogP contribution in [0.4, 0.5) is 0 Å². The van der Waals surface area contributed by atoms with Crippen molar-refractivity contribution in [2.45, 2.75) is 18.2 Å². The first-order chi connectivity index (χ1) is 15.7. The quantitative estimate of drug-likeness (QED) is 0.693. The van der Waals surface area contributed by atoms with Gasteiger partial charge in [-0.3, -0.25) is 9.59 Å². The molecular formula is C24H24ClN3O5. The van der Waals surface area contributed by atoms with E-state index in [0.29, 0.717) is 35.8 Å². The number of Topliss-reactive ketones (excluding diaryl/α,β-unsaturated/α-hetero) is 1. The number of carbonyl (C=O) groups is 2. The van der Waals surface area contributed by atoms with Crippen molar-refractivity contribution >= 4 is 23.3 Å². The number of benzene rings is 2. The van der Waals surface area contributed by atoms with Crippen molar-refractivity contribution in [1.29, 1.82) is 5.26 Å². The van der Waals surface area contributed by atoms with Gasteiger partial charge < -0.3 is 24.4 Å². The van der Waals surface area contributed by atoms with Crippen LogP contribution in [-0.4, -0.2) is 66.7 Å². The van der Waals surface area contributed by atoms with Gasteiger partial charge in [-0.1, -0.05) is 17.7 Å².